The molecule has 1 saturated heterocycles. The van der Waals surface area contributed by atoms with Crippen molar-refractivity contribution in [3.05, 3.63) is 58.6 Å². The lowest BCUT2D eigenvalue weighted by Gasteiger charge is -2.35. The van der Waals surface area contributed by atoms with Crippen LogP contribution >= 0.6 is 23.4 Å². The largest absolute Gasteiger partial charge is 0.497 e. The summed E-state index contributed by atoms with van der Waals surface area (Å²) < 4.78 is 5.01. The quantitative estimate of drug-likeness (QED) is 0.634. The molecule has 0 spiro atoms. The number of aliphatic hydroxyl groups is 1. The van der Waals surface area contributed by atoms with E-state index in [9.17, 15) is 0 Å². The third-order valence-electron chi connectivity index (χ3n) is 5.86. The van der Waals surface area contributed by atoms with Gasteiger partial charge < -0.3 is 9.84 Å². The minimum absolute atomic E-state index is 0.219. The summed E-state index contributed by atoms with van der Waals surface area (Å²) in [6, 6.07) is 15.7. The Kier molecular flexibility index (Phi) is 8.73. The Hall–Kier alpha value is -1.20. The molecule has 5 heteroatoms. The lowest BCUT2D eigenvalue weighted by molar-refractivity contribution is 0.174. The zero-order valence-corrected chi connectivity index (χ0v) is 19.0. The molecule has 1 aliphatic carbocycles. The predicted molar refractivity (Wildman–Crippen MR) is 123 cm³/mol. The van der Waals surface area contributed by atoms with Crippen LogP contribution in [0.15, 0.2) is 47.4 Å². The Morgan fingerprint density at radius 1 is 1.14 bits per heavy atom. The van der Waals surface area contributed by atoms with E-state index < -0.39 is 0 Å². The maximum Gasteiger partial charge on any atom is 0.118 e. The number of likely N-dealkylation sites (tertiary alicyclic amines) is 1. The van der Waals surface area contributed by atoms with Crippen molar-refractivity contribution in [2.75, 3.05) is 26.0 Å². The van der Waals surface area contributed by atoms with E-state index in [2.05, 4.69) is 24.0 Å². The molecule has 0 saturated carbocycles. The highest BCUT2D eigenvalue weighted by Crippen LogP contribution is 2.30. The molecule has 0 bridgehead atoms. The Balaban J connectivity index is 0.000000177. The molecular formula is C24H32ClNO2S. The molecule has 0 amide bonds. The van der Waals surface area contributed by atoms with Gasteiger partial charge in [0.1, 0.15) is 5.75 Å². The summed E-state index contributed by atoms with van der Waals surface area (Å²) in [5, 5.41) is 9.47. The molecular weight excluding hydrogens is 402 g/mol. The van der Waals surface area contributed by atoms with Gasteiger partial charge in [0.05, 0.1) is 13.7 Å². The average molecular weight is 434 g/mol. The van der Waals surface area contributed by atoms with E-state index in [0.717, 1.165) is 33.5 Å². The molecule has 2 atom stereocenters. The van der Waals surface area contributed by atoms with E-state index in [-0.39, 0.29) is 6.61 Å². The zero-order valence-electron chi connectivity index (χ0n) is 17.4. The number of halogens is 1. The van der Waals surface area contributed by atoms with Crippen LogP contribution in [-0.4, -0.2) is 48.1 Å². The molecule has 158 valence electrons. The van der Waals surface area contributed by atoms with Gasteiger partial charge in [-0.2, -0.15) is 0 Å². The number of hydrogen-bond donors (Lipinski definition) is 1. The van der Waals surface area contributed by atoms with Gasteiger partial charge in [0.2, 0.25) is 0 Å². The van der Waals surface area contributed by atoms with E-state index in [1.807, 2.05) is 30.3 Å². The molecule has 4 rings (SSSR count). The first-order chi connectivity index (χ1) is 14.1. The summed E-state index contributed by atoms with van der Waals surface area (Å²) in [7, 11) is 1.65. The molecule has 0 radical (unpaired) electrons. The Morgan fingerprint density at radius 2 is 1.93 bits per heavy atom. The maximum atomic E-state index is 8.58. The number of hydrogen-bond acceptors (Lipinski definition) is 4. The molecule has 1 heterocycles. The van der Waals surface area contributed by atoms with Crippen molar-refractivity contribution in [1.29, 1.82) is 0 Å². The number of methoxy groups -OCH3 is 1. The molecule has 1 aliphatic heterocycles. The first-order valence-electron chi connectivity index (χ1n) is 10.5. The van der Waals surface area contributed by atoms with Crippen LogP contribution < -0.4 is 4.74 Å². The summed E-state index contributed by atoms with van der Waals surface area (Å²) in [6.45, 7) is 3.89. The van der Waals surface area contributed by atoms with Crippen LogP contribution in [-0.2, 0) is 12.8 Å². The van der Waals surface area contributed by atoms with Gasteiger partial charge in [-0.1, -0.05) is 17.7 Å². The second kappa shape index (κ2) is 11.3. The number of rotatable bonds is 5. The summed E-state index contributed by atoms with van der Waals surface area (Å²) in [5.74, 6) is 1.61. The predicted octanol–water partition coefficient (Wildman–Crippen LogP) is 5.46. The molecule has 2 aromatic rings. The summed E-state index contributed by atoms with van der Waals surface area (Å²) in [4.78, 5) is 3.87. The van der Waals surface area contributed by atoms with Crippen LogP contribution in [0, 0.1) is 0 Å². The van der Waals surface area contributed by atoms with Crippen molar-refractivity contribution >= 4 is 23.4 Å². The van der Waals surface area contributed by atoms with Gasteiger partial charge in [0.15, 0.2) is 0 Å². The van der Waals surface area contributed by atoms with Gasteiger partial charge in [-0.25, -0.2) is 0 Å². The van der Waals surface area contributed by atoms with Crippen LogP contribution in [0.3, 0.4) is 0 Å². The minimum atomic E-state index is 0.219. The standard InChI is InChI=1S/C15H20ClN.C9H12O2S/c1-11-3-2-8-17(11)15-7-5-12-4-6-14(16)9-13(12)10-15;1-11-8-2-4-9(5-3-8)12-7-6-10/h4,6,9,11,15H,2-3,5,7-8,10H2,1H3;2-5,10H,6-7H2,1H3/t11-,15?;/m1./s1. The molecule has 1 unspecified atom stereocenters. The number of aliphatic hydroxyl groups excluding tert-OH is 1. The Morgan fingerprint density at radius 3 is 2.59 bits per heavy atom. The van der Waals surface area contributed by atoms with E-state index >= 15 is 0 Å². The SMILES string of the molecule is COc1ccc(SCCO)cc1.C[C@@H]1CCCN1C1CCc2ccc(Cl)cc2C1. The second-order valence-corrected chi connectivity index (χ2v) is 9.39. The summed E-state index contributed by atoms with van der Waals surface area (Å²) >= 11 is 7.73. The molecule has 3 nitrogen and oxygen atoms in total. The summed E-state index contributed by atoms with van der Waals surface area (Å²) in [6.07, 6.45) is 6.48. The fraction of sp³-hybridized carbons (Fsp3) is 0.500. The Bertz CT molecular complexity index is 768. The highest BCUT2D eigenvalue weighted by atomic mass is 35.5. The maximum absolute atomic E-state index is 8.58. The van der Waals surface area contributed by atoms with Crippen molar-refractivity contribution in [3.63, 3.8) is 0 Å². The minimum Gasteiger partial charge on any atom is -0.497 e. The van der Waals surface area contributed by atoms with Gasteiger partial charge in [-0.05, 0) is 93.1 Å². The van der Waals surface area contributed by atoms with Crippen LogP contribution in [0.2, 0.25) is 5.02 Å². The van der Waals surface area contributed by atoms with Crippen molar-refractivity contribution in [2.24, 2.45) is 0 Å². The number of aryl methyl sites for hydroxylation is 1. The summed E-state index contributed by atoms with van der Waals surface area (Å²) in [5.41, 5.74) is 2.99. The molecule has 0 aromatic heterocycles. The van der Waals surface area contributed by atoms with Crippen LogP contribution in [0.25, 0.3) is 0 Å². The topological polar surface area (TPSA) is 32.7 Å². The highest BCUT2D eigenvalue weighted by Gasteiger charge is 2.30. The van der Waals surface area contributed by atoms with Gasteiger partial charge in [0.25, 0.3) is 0 Å². The molecule has 1 N–H and O–H groups in total. The van der Waals surface area contributed by atoms with E-state index in [1.54, 1.807) is 18.9 Å². The number of nitrogens with zero attached hydrogens (tertiary/aromatic N) is 1. The number of benzene rings is 2. The van der Waals surface area contributed by atoms with E-state index in [0.29, 0.717) is 0 Å². The highest BCUT2D eigenvalue weighted by molar-refractivity contribution is 7.99. The van der Waals surface area contributed by atoms with Crippen LogP contribution in [0.5, 0.6) is 5.75 Å². The van der Waals surface area contributed by atoms with Gasteiger partial charge in [-0.15, -0.1) is 11.8 Å². The average Bonchev–Trinajstić information content (AvgIpc) is 3.18. The van der Waals surface area contributed by atoms with E-state index in [4.69, 9.17) is 21.4 Å². The third kappa shape index (κ3) is 6.39. The van der Waals surface area contributed by atoms with Gasteiger partial charge in [0, 0.05) is 27.8 Å². The second-order valence-electron chi connectivity index (χ2n) is 7.79. The van der Waals surface area contributed by atoms with Crippen molar-refractivity contribution in [3.8, 4) is 5.75 Å². The third-order valence-corrected chi connectivity index (χ3v) is 7.09. The Labute approximate surface area is 184 Å². The fourth-order valence-electron chi connectivity index (χ4n) is 4.32. The van der Waals surface area contributed by atoms with Gasteiger partial charge in [-0.3, -0.25) is 4.90 Å². The lowest BCUT2D eigenvalue weighted by atomic mass is 9.87. The smallest absolute Gasteiger partial charge is 0.118 e. The van der Waals surface area contributed by atoms with E-state index in [1.165, 1.54) is 49.8 Å². The fourth-order valence-corrected chi connectivity index (χ4v) is 5.17. The van der Waals surface area contributed by atoms with Gasteiger partial charge >= 0.3 is 0 Å². The molecule has 2 aliphatic rings. The first-order valence-corrected chi connectivity index (χ1v) is 11.9. The molecule has 1 fully saturated rings. The number of fused-ring (bicyclic) bond motifs is 1. The molecule has 2 aromatic carbocycles. The van der Waals surface area contributed by atoms with Crippen molar-refractivity contribution < 1.29 is 9.84 Å². The van der Waals surface area contributed by atoms with Crippen LogP contribution in [0.4, 0.5) is 0 Å². The number of thioether (sulfide) groups is 1. The lowest BCUT2D eigenvalue weighted by Crippen LogP contribution is -2.41. The zero-order chi connectivity index (χ0) is 20.6. The first kappa shape index (κ1) is 22.5. The molecule has 29 heavy (non-hydrogen) atoms. The van der Waals surface area contributed by atoms with Crippen molar-refractivity contribution in [2.45, 2.75) is 56.0 Å². The van der Waals surface area contributed by atoms with Crippen molar-refractivity contribution in [1.82, 2.24) is 4.90 Å². The normalized spacial score (nSPS) is 21.2. The monoisotopic (exact) mass is 433 g/mol. The number of ether oxygens (including phenoxy) is 1. The van der Waals surface area contributed by atoms with Crippen LogP contribution in [0.1, 0.15) is 37.3 Å².